The van der Waals surface area contributed by atoms with E-state index >= 15 is 0 Å². The van der Waals surface area contributed by atoms with E-state index in [1.165, 1.54) is 42.5 Å². The average Bonchev–Trinajstić information content (AvgIpc) is 2.68. The number of benzene rings is 2. The SMILES string of the molecule is CC[C@H]1CCCCN1S(=O)(=O)c1ccc(NC(=O)c2ccccc2F)cc1. The Hall–Kier alpha value is -2.25. The predicted octanol–water partition coefficient (Wildman–Crippen LogP) is 4.03. The van der Waals surface area contributed by atoms with Crippen molar-refractivity contribution in [2.24, 2.45) is 0 Å². The zero-order chi connectivity index (χ0) is 19.4. The maximum absolute atomic E-state index is 13.7. The first-order valence-electron chi connectivity index (χ1n) is 9.11. The van der Waals surface area contributed by atoms with Crippen molar-refractivity contribution in [2.45, 2.75) is 43.5 Å². The molecular weight excluding hydrogens is 367 g/mol. The van der Waals surface area contributed by atoms with Crippen molar-refractivity contribution in [2.75, 3.05) is 11.9 Å². The Kier molecular flexibility index (Phi) is 5.92. The highest BCUT2D eigenvalue weighted by Gasteiger charge is 2.32. The monoisotopic (exact) mass is 390 g/mol. The van der Waals surface area contributed by atoms with Crippen LogP contribution in [0.25, 0.3) is 0 Å². The standard InChI is InChI=1S/C20H23FN2O3S/c1-2-16-7-5-6-14-23(16)27(25,26)17-12-10-15(11-13-17)22-20(24)18-8-3-4-9-19(18)21/h3-4,8-13,16H,2,5-7,14H2,1H3,(H,22,24)/t16-/m0/s1. The van der Waals surface area contributed by atoms with Crippen LogP contribution in [0.1, 0.15) is 43.0 Å². The van der Waals surface area contributed by atoms with Gasteiger partial charge in [0.05, 0.1) is 10.5 Å². The maximum atomic E-state index is 13.7. The first kappa shape index (κ1) is 19.5. The Balaban J connectivity index is 1.77. The lowest BCUT2D eigenvalue weighted by Crippen LogP contribution is -2.43. The van der Waals surface area contributed by atoms with Gasteiger partial charge in [-0.2, -0.15) is 4.31 Å². The lowest BCUT2D eigenvalue weighted by molar-refractivity contribution is 0.102. The summed E-state index contributed by atoms with van der Waals surface area (Å²) in [5.74, 6) is -1.18. The van der Waals surface area contributed by atoms with Crippen LogP contribution in [-0.4, -0.2) is 31.2 Å². The molecule has 27 heavy (non-hydrogen) atoms. The van der Waals surface area contributed by atoms with Crippen LogP contribution in [-0.2, 0) is 10.0 Å². The molecule has 1 amide bonds. The summed E-state index contributed by atoms with van der Waals surface area (Å²) in [6, 6.07) is 11.7. The fourth-order valence-corrected chi connectivity index (χ4v) is 5.16. The van der Waals surface area contributed by atoms with Crippen LogP contribution in [0, 0.1) is 5.82 Å². The first-order valence-corrected chi connectivity index (χ1v) is 10.5. The molecular formula is C20H23FN2O3S. The second-order valence-corrected chi connectivity index (χ2v) is 8.52. The number of nitrogens with one attached hydrogen (secondary N) is 1. The van der Waals surface area contributed by atoms with E-state index in [1.54, 1.807) is 10.4 Å². The molecule has 0 aliphatic carbocycles. The van der Waals surface area contributed by atoms with Gasteiger partial charge in [0.25, 0.3) is 5.91 Å². The Morgan fingerprint density at radius 1 is 1.15 bits per heavy atom. The normalized spacial score (nSPS) is 18.2. The molecule has 1 aliphatic heterocycles. The molecule has 144 valence electrons. The number of amides is 1. The van der Waals surface area contributed by atoms with Crippen molar-refractivity contribution < 1.29 is 17.6 Å². The fourth-order valence-electron chi connectivity index (χ4n) is 3.39. The molecule has 5 nitrogen and oxygen atoms in total. The summed E-state index contributed by atoms with van der Waals surface area (Å²) in [7, 11) is -3.57. The van der Waals surface area contributed by atoms with Crippen molar-refractivity contribution in [1.82, 2.24) is 4.31 Å². The number of halogens is 1. The zero-order valence-electron chi connectivity index (χ0n) is 15.2. The van der Waals surface area contributed by atoms with Gasteiger partial charge in [-0.25, -0.2) is 12.8 Å². The van der Waals surface area contributed by atoms with Crippen molar-refractivity contribution >= 4 is 21.6 Å². The number of sulfonamides is 1. The van der Waals surface area contributed by atoms with Crippen LogP contribution in [0.2, 0.25) is 0 Å². The molecule has 1 atom stereocenters. The van der Waals surface area contributed by atoms with Gasteiger partial charge in [-0.3, -0.25) is 4.79 Å². The van der Waals surface area contributed by atoms with E-state index in [-0.39, 0.29) is 16.5 Å². The summed E-state index contributed by atoms with van der Waals surface area (Å²) in [4.78, 5) is 12.4. The van der Waals surface area contributed by atoms with E-state index < -0.39 is 21.7 Å². The van der Waals surface area contributed by atoms with Gasteiger partial charge in [0.2, 0.25) is 10.0 Å². The molecule has 2 aromatic rings. The minimum absolute atomic E-state index is 0.0317. The van der Waals surface area contributed by atoms with Crippen LogP contribution in [0.5, 0.6) is 0 Å². The van der Waals surface area contributed by atoms with Gasteiger partial charge >= 0.3 is 0 Å². The highest BCUT2D eigenvalue weighted by atomic mass is 32.2. The third kappa shape index (κ3) is 4.20. The van der Waals surface area contributed by atoms with E-state index in [0.717, 1.165) is 25.7 Å². The molecule has 0 aromatic heterocycles. The van der Waals surface area contributed by atoms with Crippen molar-refractivity contribution in [3.8, 4) is 0 Å². The summed E-state index contributed by atoms with van der Waals surface area (Å²) in [5.41, 5.74) is 0.348. The second kappa shape index (κ2) is 8.19. The first-order chi connectivity index (χ1) is 12.9. The van der Waals surface area contributed by atoms with Crippen molar-refractivity contribution in [1.29, 1.82) is 0 Å². The molecule has 2 aromatic carbocycles. The van der Waals surface area contributed by atoms with Gasteiger partial charge in [0.15, 0.2) is 0 Å². The Morgan fingerprint density at radius 3 is 2.52 bits per heavy atom. The smallest absolute Gasteiger partial charge is 0.258 e. The summed E-state index contributed by atoms with van der Waals surface area (Å²) in [5, 5.41) is 2.59. The highest BCUT2D eigenvalue weighted by molar-refractivity contribution is 7.89. The third-order valence-corrected chi connectivity index (χ3v) is 6.85. The largest absolute Gasteiger partial charge is 0.322 e. The van der Waals surface area contributed by atoms with Crippen LogP contribution in [0.4, 0.5) is 10.1 Å². The minimum Gasteiger partial charge on any atom is -0.322 e. The molecule has 3 rings (SSSR count). The van der Waals surface area contributed by atoms with Crippen LogP contribution in [0.15, 0.2) is 53.4 Å². The maximum Gasteiger partial charge on any atom is 0.258 e. The topological polar surface area (TPSA) is 66.5 Å². The fraction of sp³-hybridized carbons (Fsp3) is 0.350. The molecule has 7 heteroatoms. The Labute approximate surface area is 159 Å². The van der Waals surface area contributed by atoms with Gasteiger partial charge in [-0.15, -0.1) is 0 Å². The van der Waals surface area contributed by atoms with Gasteiger partial charge in [0.1, 0.15) is 5.82 Å². The quantitative estimate of drug-likeness (QED) is 0.838. The van der Waals surface area contributed by atoms with Crippen molar-refractivity contribution in [3.63, 3.8) is 0 Å². The molecule has 0 unspecified atom stereocenters. The number of carbonyl (C=O) groups is 1. The number of piperidine rings is 1. The third-order valence-electron chi connectivity index (χ3n) is 4.88. The van der Waals surface area contributed by atoms with Gasteiger partial charge in [0, 0.05) is 18.3 Å². The molecule has 1 saturated heterocycles. The lowest BCUT2D eigenvalue weighted by atomic mass is 10.0. The Morgan fingerprint density at radius 2 is 1.85 bits per heavy atom. The summed E-state index contributed by atoms with van der Waals surface area (Å²) in [6.45, 7) is 2.53. The van der Waals surface area contributed by atoms with Gasteiger partial charge < -0.3 is 5.32 Å². The number of hydrogen-bond acceptors (Lipinski definition) is 3. The molecule has 1 aliphatic rings. The molecule has 0 spiro atoms. The molecule has 1 fully saturated rings. The summed E-state index contributed by atoms with van der Waals surface area (Å²) < 4.78 is 41.2. The predicted molar refractivity (Wildman–Crippen MR) is 103 cm³/mol. The van der Waals surface area contributed by atoms with E-state index in [9.17, 15) is 17.6 Å². The summed E-state index contributed by atoms with van der Waals surface area (Å²) in [6.07, 6.45) is 3.58. The molecule has 1 N–H and O–H groups in total. The molecule has 0 bridgehead atoms. The Bertz CT molecular complexity index is 913. The van der Waals surface area contributed by atoms with Crippen LogP contribution < -0.4 is 5.32 Å². The summed E-state index contributed by atoms with van der Waals surface area (Å²) >= 11 is 0. The lowest BCUT2D eigenvalue weighted by Gasteiger charge is -2.34. The van der Waals surface area contributed by atoms with Crippen LogP contribution in [0.3, 0.4) is 0 Å². The van der Waals surface area contributed by atoms with Crippen molar-refractivity contribution in [3.05, 3.63) is 59.9 Å². The number of nitrogens with zero attached hydrogens (tertiary/aromatic N) is 1. The van der Waals surface area contributed by atoms with E-state index in [2.05, 4.69) is 5.32 Å². The van der Waals surface area contributed by atoms with E-state index in [0.29, 0.717) is 12.2 Å². The number of carbonyl (C=O) groups excluding carboxylic acids is 1. The van der Waals surface area contributed by atoms with E-state index in [1.807, 2.05) is 6.92 Å². The van der Waals surface area contributed by atoms with Crippen LogP contribution >= 0.6 is 0 Å². The molecule has 0 radical (unpaired) electrons. The minimum atomic E-state index is -3.57. The average molecular weight is 390 g/mol. The van der Waals surface area contributed by atoms with Gasteiger partial charge in [-0.1, -0.05) is 25.5 Å². The molecule has 0 saturated carbocycles. The van der Waals surface area contributed by atoms with E-state index in [4.69, 9.17) is 0 Å². The molecule has 1 heterocycles. The highest BCUT2D eigenvalue weighted by Crippen LogP contribution is 2.27. The zero-order valence-corrected chi connectivity index (χ0v) is 16.0. The second-order valence-electron chi connectivity index (χ2n) is 6.63. The number of hydrogen-bond donors (Lipinski definition) is 1. The van der Waals surface area contributed by atoms with Gasteiger partial charge in [-0.05, 0) is 55.7 Å². The number of anilines is 1. The number of rotatable bonds is 5.